The zero-order valence-corrected chi connectivity index (χ0v) is 24.1. The number of hydrogen-bond donors (Lipinski definition) is 0. The number of aromatic nitrogens is 3. The van der Waals surface area contributed by atoms with Crippen LogP contribution in [0.4, 0.5) is 17.6 Å². The number of benzene rings is 1. The van der Waals surface area contributed by atoms with Crippen LogP contribution in [0.25, 0.3) is 0 Å². The van der Waals surface area contributed by atoms with Crippen molar-refractivity contribution in [2.75, 3.05) is 19.6 Å². The van der Waals surface area contributed by atoms with Gasteiger partial charge in [0.2, 0.25) is 11.8 Å². The first kappa shape index (κ1) is 29.2. The van der Waals surface area contributed by atoms with Crippen molar-refractivity contribution in [1.29, 1.82) is 0 Å². The van der Waals surface area contributed by atoms with Gasteiger partial charge in [-0.3, -0.25) is 9.59 Å². The smallest absolute Gasteiger partial charge is 0.335 e. The van der Waals surface area contributed by atoms with Crippen molar-refractivity contribution >= 4 is 23.4 Å². The molecule has 0 N–H and O–H groups in total. The summed E-state index contributed by atoms with van der Waals surface area (Å²) >= 11 is 6.65. The number of alkyl halides is 4. The molecule has 6 rings (SSSR count). The van der Waals surface area contributed by atoms with E-state index in [1.165, 1.54) is 0 Å². The third-order valence-corrected chi connectivity index (χ3v) is 9.95. The third kappa shape index (κ3) is 5.35. The van der Waals surface area contributed by atoms with Crippen LogP contribution in [0.3, 0.4) is 0 Å². The van der Waals surface area contributed by atoms with Gasteiger partial charge in [0.1, 0.15) is 23.7 Å². The first-order chi connectivity index (χ1) is 20.1. The van der Waals surface area contributed by atoms with Gasteiger partial charge < -0.3 is 14.5 Å². The van der Waals surface area contributed by atoms with Gasteiger partial charge in [0.05, 0.1) is 6.04 Å². The fourth-order valence-electron chi connectivity index (χ4n) is 7.08. The van der Waals surface area contributed by atoms with E-state index >= 15 is 0 Å². The number of carbonyl (C=O) groups excluding carboxylic acids is 2. The van der Waals surface area contributed by atoms with E-state index in [0.29, 0.717) is 36.5 Å². The van der Waals surface area contributed by atoms with Gasteiger partial charge in [-0.15, -0.1) is 5.10 Å². The van der Waals surface area contributed by atoms with Gasteiger partial charge >= 0.3 is 6.55 Å². The van der Waals surface area contributed by atoms with Crippen LogP contribution in [0.2, 0.25) is 5.02 Å². The summed E-state index contributed by atoms with van der Waals surface area (Å²) in [6, 6.07) is 2.67. The minimum absolute atomic E-state index is 0.0250. The highest BCUT2D eigenvalue weighted by molar-refractivity contribution is 6.31. The zero-order chi connectivity index (χ0) is 29.8. The molecule has 4 aliphatic rings. The van der Waals surface area contributed by atoms with Crippen molar-refractivity contribution < 1.29 is 31.9 Å². The number of nitrogens with zero attached hydrogens (tertiary/aromatic N) is 5. The fraction of sp³-hybridized carbons (Fsp3) is 0.655. The Hall–Kier alpha value is -2.89. The maximum Gasteiger partial charge on any atom is 0.335 e. The Morgan fingerprint density at radius 3 is 2.62 bits per heavy atom. The molecule has 13 heteroatoms. The molecule has 1 aromatic carbocycles. The summed E-state index contributed by atoms with van der Waals surface area (Å²) in [5.74, 6) is 0.475. The standard InChI is InChI=1S/C29H34ClF4N5O3/c1-16-4-2-3-5-17(16)27(41)38-11-8-18-19(30)6-7-22(42-14-20-25(26(31)32)39(28(33)34)36-35-20)24(18)21(38)13-37-15-29(9-10-29)12-23(37)40/h6-7,16-17,21,26,28H,2-5,8-15H2,1H3/t16-,17+,21+/m0/s1. The van der Waals surface area contributed by atoms with Crippen LogP contribution >= 0.6 is 11.6 Å². The van der Waals surface area contributed by atoms with Crippen molar-refractivity contribution in [2.45, 2.75) is 83.9 Å². The summed E-state index contributed by atoms with van der Waals surface area (Å²) in [6.45, 7) is -0.391. The summed E-state index contributed by atoms with van der Waals surface area (Å²) in [5.41, 5.74) is -0.00878. The lowest BCUT2D eigenvalue weighted by molar-refractivity contribution is -0.143. The number of ether oxygens (including phenoxy) is 1. The number of likely N-dealkylation sites (tertiary alicyclic amines) is 1. The number of hydrogen-bond acceptors (Lipinski definition) is 5. The van der Waals surface area contributed by atoms with E-state index in [9.17, 15) is 27.2 Å². The van der Waals surface area contributed by atoms with Gasteiger partial charge in [-0.25, -0.2) is 8.78 Å². The largest absolute Gasteiger partial charge is 0.487 e. The van der Waals surface area contributed by atoms with Crippen molar-refractivity contribution in [3.8, 4) is 5.75 Å². The second-order valence-electron chi connectivity index (χ2n) is 12.3. The van der Waals surface area contributed by atoms with E-state index in [4.69, 9.17) is 16.3 Å². The Kier molecular flexibility index (Phi) is 7.86. The predicted molar refractivity (Wildman–Crippen MR) is 144 cm³/mol. The topological polar surface area (TPSA) is 80.6 Å². The SMILES string of the molecule is C[C@H]1CCCC[C@H]1C(=O)N1CCc2c(Cl)ccc(OCc3nnn(C(F)F)c3C(F)F)c2[C@H]1CN1CC2(CC2)CC1=O. The molecule has 3 fully saturated rings. The Morgan fingerprint density at radius 2 is 1.95 bits per heavy atom. The van der Waals surface area contributed by atoms with Gasteiger partial charge in [-0.1, -0.05) is 36.6 Å². The van der Waals surface area contributed by atoms with Crippen molar-refractivity contribution in [2.24, 2.45) is 17.3 Å². The van der Waals surface area contributed by atoms with Crippen LogP contribution in [0.5, 0.6) is 5.75 Å². The Balaban J connectivity index is 1.35. The first-order valence-electron chi connectivity index (χ1n) is 14.6. The number of fused-ring (bicyclic) bond motifs is 1. The lowest BCUT2D eigenvalue weighted by Gasteiger charge is -2.43. The van der Waals surface area contributed by atoms with Crippen molar-refractivity contribution in [3.05, 3.63) is 39.7 Å². The third-order valence-electron chi connectivity index (χ3n) is 9.60. The van der Waals surface area contributed by atoms with Crippen LogP contribution in [-0.4, -0.2) is 56.2 Å². The van der Waals surface area contributed by atoms with Crippen molar-refractivity contribution in [1.82, 2.24) is 24.8 Å². The average Bonchev–Trinajstić information content (AvgIpc) is 3.43. The second-order valence-corrected chi connectivity index (χ2v) is 12.7. The molecule has 8 nitrogen and oxygen atoms in total. The molecule has 228 valence electrons. The maximum atomic E-state index is 14.1. The number of amides is 2. The van der Waals surface area contributed by atoms with Gasteiger partial charge in [0.15, 0.2) is 0 Å². The summed E-state index contributed by atoms with van der Waals surface area (Å²) < 4.78 is 59.8. The van der Waals surface area contributed by atoms with Gasteiger partial charge in [-0.05, 0) is 61.1 Å². The Labute approximate surface area is 246 Å². The molecule has 2 amide bonds. The molecule has 1 saturated heterocycles. The highest BCUT2D eigenvalue weighted by Crippen LogP contribution is 2.54. The molecule has 2 saturated carbocycles. The van der Waals surface area contributed by atoms with Crippen LogP contribution in [0.1, 0.15) is 93.4 Å². The normalized spacial score (nSPS) is 25.0. The van der Waals surface area contributed by atoms with Crippen LogP contribution < -0.4 is 4.74 Å². The molecule has 1 aromatic heterocycles. The average molecular weight is 612 g/mol. The van der Waals surface area contributed by atoms with Crippen LogP contribution in [0.15, 0.2) is 12.1 Å². The molecule has 3 heterocycles. The lowest BCUT2D eigenvalue weighted by atomic mass is 9.78. The highest BCUT2D eigenvalue weighted by Gasteiger charge is 2.52. The van der Waals surface area contributed by atoms with E-state index in [-0.39, 0.29) is 46.0 Å². The summed E-state index contributed by atoms with van der Waals surface area (Å²) in [4.78, 5) is 30.9. The lowest BCUT2D eigenvalue weighted by Crippen LogP contribution is -2.49. The molecular weight excluding hydrogens is 578 g/mol. The van der Waals surface area contributed by atoms with Crippen LogP contribution in [0, 0.1) is 17.3 Å². The molecule has 0 radical (unpaired) electrons. The highest BCUT2D eigenvalue weighted by atomic mass is 35.5. The minimum atomic E-state index is -3.28. The van der Waals surface area contributed by atoms with E-state index < -0.39 is 37.0 Å². The van der Waals surface area contributed by atoms with E-state index in [1.54, 1.807) is 12.1 Å². The quantitative estimate of drug-likeness (QED) is 0.337. The molecule has 42 heavy (non-hydrogen) atoms. The molecule has 0 unspecified atom stereocenters. The molecule has 2 aliphatic heterocycles. The zero-order valence-electron chi connectivity index (χ0n) is 23.4. The van der Waals surface area contributed by atoms with Crippen molar-refractivity contribution in [3.63, 3.8) is 0 Å². The van der Waals surface area contributed by atoms with Gasteiger partial charge in [0, 0.05) is 42.6 Å². The number of halogens is 5. The predicted octanol–water partition coefficient (Wildman–Crippen LogP) is 6.11. The number of rotatable bonds is 8. The molecule has 1 spiro atoms. The Morgan fingerprint density at radius 1 is 1.19 bits per heavy atom. The first-order valence-corrected chi connectivity index (χ1v) is 15.0. The number of carbonyl (C=O) groups is 2. The van der Waals surface area contributed by atoms with Gasteiger partial charge in [-0.2, -0.15) is 13.5 Å². The molecule has 2 aromatic rings. The molecule has 0 bridgehead atoms. The summed E-state index contributed by atoms with van der Waals surface area (Å²) in [5, 5.41) is 7.21. The van der Waals surface area contributed by atoms with E-state index in [2.05, 4.69) is 17.2 Å². The van der Waals surface area contributed by atoms with Gasteiger partial charge in [0.25, 0.3) is 6.43 Å². The van der Waals surface area contributed by atoms with Crippen LogP contribution in [-0.2, 0) is 22.6 Å². The molecular formula is C29H34ClF4N5O3. The monoisotopic (exact) mass is 611 g/mol. The summed E-state index contributed by atoms with van der Waals surface area (Å²) in [6.07, 6.45) is 3.57. The molecule has 3 atom stereocenters. The minimum Gasteiger partial charge on any atom is -0.487 e. The van der Waals surface area contributed by atoms with E-state index in [1.807, 2.05) is 9.80 Å². The maximum absolute atomic E-state index is 14.1. The molecule has 2 aliphatic carbocycles. The Bertz CT molecular complexity index is 1370. The second kappa shape index (κ2) is 11.3. The summed E-state index contributed by atoms with van der Waals surface area (Å²) in [7, 11) is 0. The van der Waals surface area contributed by atoms with E-state index in [0.717, 1.165) is 44.1 Å². The fourth-order valence-corrected chi connectivity index (χ4v) is 7.34.